The van der Waals surface area contributed by atoms with Gasteiger partial charge in [-0.2, -0.15) is 8.42 Å². The van der Waals surface area contributed by atoms with Crippen molar-refractivity contribution in [1.82, 2.24) is 0 Å². The summed E-state index contributed by atoms with van der Waals surface area (Å²) in [5.74, 6) is 0. The molecule has 0 aromatic heterocycles. The van der Waals surface area contributed by atoms with Gasteiger partial charge in [0.05, 0.1) is 10.6 Å². The largest absolute Gasteiger partial charge is 0.308 e. The fraction of sp³-hybridized carbons (Fsp3) is 0.250. The highest BCUT2D eigenvalue weighted by molar-refractivity contribution is 9.10. The van der Waals surface area contributed by atoms with Crippen LogP contribution in [0.3, 0.4) is 0 Å². The minimum Gasteiger partial charge on any atom is -0.308 e. The Bertz CT molecular complexity index is 471. The standard InChI is InChI=1S/C8H8BrNO3S/c9-10-4-3-6-1-2-7(5-8(6)10)14(11,12)13/h1-2,5H,3-4H2,(H,11,12,13). The Balaban J connectivity index is 2.56. The van der Waals surface area contributed by atoms with Crippen LogP contribution in [0.5, 0.6) is 0 Å². The van der Waals surface area contributed by atoms with Crippen molar-refractivity contribution in [3.8, 4) is 0 Å². The quantitative estimate of drug-likeness (QED) is 0.626. The summed E-state index contributed by atoms with van der Waals surface area (Å²) < 4.78 is 32.4. The summed E-state index contributed by atoms with van der Waals surface area (Å²) in [5, 5.41) is 0. The first-order valence-corrected chi connectivity index (χ1v) is 6.17. The van der Waals surface area contributed by atoms with Crippen LogP contribution in [0.4, 0.5) is 5.69 Å². The zero-order chi connectivity index (χ0) is 10.3. The van der Waals surface area contributed by atoms with Gasteiger partial charge < -0.3 is 3.93 Å². The van der Waals surface area contributed by atoms with E-state index in [0.717, 1.165) is 24.2 Å². The summed E-state index contributed by atoms with van der Waals surface area (Å²) in [6, 6.07) is 4.60. The van der Waals surface area contributed by atoms with Gasteiger partial charge in [0.25, 0.3) is 10.1 Å². The van der Waals surface area contributed by atoms with Gasteiger partial charge in [-0.3, -0.25) is 4.55 Å². The number of anilines is 1. The van der Waals surface area contributed by atoms with Gasteiger partial charge in [0.1, 0.15) is 0 Å². The second kappa shape index (κ2) is 3.22. The minimum atomic E-state index is -4.10. The number of hydrogen-bond donors (Lipinski definition) is 1. The van der Waals surface area contributed by atoms with Gasteiger partial charge in [-0.15, -0.1) is 0 Å². The molecule has 76 valence electrons. The lowest BCUT2D eigenvalue weighted by molar-refractivity contribution is 0.483. The van der Waals surface area contributed by atoms with E-state index in [1.807, 2.05) is 0 Å². The lowest BCUT2D eigenvalue weighted by Gasteiger charge is -2.09. The van der Waals surface area contributed by atoms with Crippen LogP contribution in [0.15, 0.2) is 23.1 Å². The summed E-state index contributed by atoms with van der Waals surface area (Å²) >= 11 is 3.29. The van der Waals surface area contributed by atoms with Crippen molar-refractivity contribution in [2.75, 3.05) is 10.5 Å². The summed E-state index contributed by atoms with van der Waals surface area (Å²) in [4.78, 5) is -0.0670. The maximum Gasteiger partial charge on any atom is 0.294 e. The minimum absolute atomic E-state index is 0.0670. The highest BCUT2D eigenvalue weighted by Crippen LogP contribution is 2.32. The Kier molecular flexibility index (Phi) is 2.29. The number of nitrogens with zero attached hydrogens (tertiary/aromatic N) is 1. The van der Waals surface area contributed by atoms with Crippen LogP contribution in [0.25, 0.3) is 0 Å². The molecule has 6 heteroatoms. The maximum atomic E-state index is 10.9. The number of hydrogen-bond acceptors (Lipinski definition) is 3. The molecule has 1 aromatic rings. The molecule has 1 N–H and O–H groups in total. The van der Waals surface area contributed by atoms with Crippen molar-refractivity contribution in [1.29, 1.82) is 0 Å². The molecule has 0 amide bonds. The zero-order valence-corrected chi connectivity index (χ0v) is 9.55. The van der Waals surface area contributed by atoms with E-state index in [1.165, 1.54) is 12.1 Å². The van der Waals surface area contributed by atoms with E-state index in [1.54, 1.807) is 9.99 Å². The molecule has 0 fully saturated rings. The van der Waals surface area contributed by atoms with Gasteiger partial charge in [-0.25, -0.2) is 0 Å². The molecule has 1 aromatic carbocycles. The second-order valence-corrected chi connectivity index (χ2v) is 5.38. The van der Waals surface area contributed by atoms with E-state index in [2.05, 4.69) is 16.1 Å². The third-order valence-electron chi connectivity index (χ3n) is 2.19. The van der Waals surface area contributed by atoms with Gasteiger partial charge in [0, 0.05) is 22.7 Å². The molecule has 0 bridgehead atoms. The Morgan fingerprint density at radius 3 is 2.79 bits per heavy atom. The van der Waals surface area contributed by atoms with Gasteiger partial charge in [0.2, 0.25) is 0 Å². The average Bonchev–Trinajstić information content (AvgIpc) is 2.46. The van der Waals surface area contributed by atoms with E-state index in [-0.39, 0.29) is 4.90 Å². The molecule has 0 atom stereocenters. The summed E-state index contributed by atoms with van der Waals surface area (Å²) in [5.41, 5.74) is 1.88. The van der Waals surface area contributed by atoms with Crippen LogP contribution in [-0.4, -0.2) is 19.5 Å². The van der Waals surface area contributed by atoms with Crippen LogP contribution < -0.4 is 3.93 Å². The zero-order valence-electron chi connectivity index (χ0n) is 7.14. The van der Waals surface area contributed by atoms with Gasteiger partial charge in [0.15, 0.2) is 0 Å². The smallest absolute Gasteiger partial charge is 0.294 e. The van der Waals surface area contributed by atoms with Crippen LogP contribution in [0.1, 0.15) is 5.56 Å². The van der Waals surface area contributed by atoms with Crippen molar-refractivity contribution in [3.63, 3.8) is 0 Å². The van der Waals surface area contributed by atoms with Gasteiger partial charge in [-0.1, -0.05) is 6.07 Å². The Morgan fingerprint density at radius 1 is 1.43 bits per heavy atom. The summed E-state index contributed by atoms with van der Waals surface area (Å²) in [6.07, 6.45) is 0.881. The predicted octanol–water partition coefficient (Wildman–Crippen LogP) is 1.61. The molecule has 0 aliphatic carbocycles. The molecular formula is C8H8BrNO3S. The number of halogens is 1. The van der Waals surface area contributed by atoms with Crippen molar-refractivity contribution in [2.24, 2.45) is 0 Å². The molecule has 0 saturated carbocycles. The van der Waals surface area contributed by atoms with Crippen molar-refractivity contribution >= 4 is 32.0 Å². The monoisotopic (exact) mass is 277 g/mol. The van der Waals surface area contributed by atoms with Crippen LogP contribution in [0, 0.1) is 0 Å². The Hall–Kier alpha value is -0.590. The Labute approximate surface area is 90.6 Å². The Morgan fingerprint density at radius 2 is 2.14 bits per heavy atom. The highest BCUT2D eigenvalue weighted by Gasteiger charge is 2.20. The van der Waals surface area contributed by atoms with Crippen LogP contribution >= 0.6 is 16.1 Å². The van der Waals surface area contributed by atoms with Gasteiger partial charge in [-0.05, 0) is 24.1 Å². The van der Waals surface area contributed by atoms with Crippen LogP contribution in [0.2, 0.25) is 0 Å². The maximum absolute atomic E-state index is 10.9. The third-order valence-corrected chi connectivity index (χ3v) is 3.78. The summed E-state index contributed by atoms with van der Waals surface area (Å²) in [6.45, 7) is 0.810. The fourth-order valence-corrected chi connectivity index (χ4v) is 2.49. The van der Waals surface area contributed by atoms with Crippen molar-refractivity contribution in [3.05, 3.63) is 23.8 Å². The van der Waals surface area contributed by atoms with Crippen LogP contribution in [-0.2, 0) is 16.5 Å². The van der Waals surface area contributed by atoms with E-state index >= 15 is 0 Å². The molecule has 0 spiro atoms. The third kappa shape index (κ3) is 1.65. The van der Waals surface area contributed by atoms with E-state index in [0.29, 0.717) is 0 Å². The lowest BCUT2D eigenvalue weighted by Crippen LogP contribution is -2.04. The number of benzene rings is 1. The lowest BCUT2D eigenvalue weighted by atomic mass is 10.2. The first kappa shape index (κ1) is 9.95. The average molecular weight is 278 g/mol. The van der Waals surface area contributed by atoms with E-state index in [9.17, 15) is 8.42 Å². The molecule has 1 heterocycles. The molecular weight excluding hydrogens is 270 g/mol. The van der Waals surface area contributed by atoms with E-state index < -0.39 is 10.1 Å². The molecule has 14 heavy (non-hydrogen) atoms. The molecule has 4 nitrogen and oxygen atoms in total. The number of fused-ring (bicyclic) bond motifs is 1. The van der Waals surface area contributed by atoms with Crippen molar-refractivity contribution in [2.45, 2.75) is 11.3 Å². The molecule has 0 radical (unpaired) electrons. The van der Waals surface area contributed by atoms with Crippen molar-refractivity contribution < 1.29 is 13.0 Å². The summed E-state index contributed by atoms with van der Waals surface area (Å²) in [7, 11) is -4.10. The molecule has 2 rings (SSSR count). The first-order valence-electron chi connectivity index (χ1n) is 4.02. The molecule has 1 aliphatic rings. The first-order chi connectivity index (χ1) is 6.48. The molecule has 0 saturated heterocycles. The second-order valence-electron chi connectivity index (χ2n) is 3.10. The predicted molar refractivity (Wildman–Crippen MR) is 56.2 cm³/mol. The highest BCUT2D eigenvalue weighted by atomic mass is 79.9. The normalized spacial score (nSPS) is 15.7. The molecule has 1 aliphatic heterocycles. The van der Waals surface area contributed by atoms with Gasteiger partial charge >= 0.3 is 0 Å². The number of rotatable bonds is 1. The van der Waals surface area contributed by atoms with E-state index in [4.69, 9.17) is 4.55 Å². The SMILES string of the molecule is O=S(=O)(O)c1ccc2c(c1)N(Br)CC2. The fourth-order valence-electron chi connectivity index (χ4n) is 1.48. The topological polar surface area (TPSA) is 57.6 Å². The molecule has 0 unspecified atom stereocenters.